The zero-order valence-electron chi connectivity index (χ0n) is 11.3. The summed E-state index contributed by atoms with van der Waals surface area (Å²) in [6.45, 7) is 9.36. The van der Waals surface area contributed by atoms with Gasteiger partial charge in [-0.1, -0.05) is 34.6 Å². The van der Waals surface area contributed by atoms with Gasteiger partial charge in [0.2, 0.25) is 5.91 Å². The summed E-state index contributed by atoms with van der Waals surface area (Å²) in [6, 6.07) is -1.02. The van der Waals surface area contributed by atoms with Gasteiger partial charge in [-0.05, 0) is 11.3 Å². The summed E-state index contributed by atoms with van der Waals surface area (Å²) in [6.07, 6.45) is -0.0831. The summed E-state index contributed by atoms with van der Waals surface area (Å²) in [5.74, 6) is -1.16. The van der Waals surface area contributed by atoms with Crippen LogP contribution in [0.5, 0.6) is 0 Å². The van der Waals surface area contributed by atoms with Crippen LogP contribution >= 0.6 is 0 Å². The zero-order chi connectivity index (χ0) is 13.8. The largest absolute Gasteiger partial charge is 0.481 e. The van der Waals surface area contributed by atoms with Gasteiger partial charge in [-0.25, -0.2) is 0 Å². The highest BCUT2D eigenvalue weighted by molar-refractivity contribution is 5.83. The van der Waals surface area contributed by atoms with Crippen molar-refractivity contribution in [3.8, 4) is 0 Å². The molecule has 0 rings (SSSR count). The SMILES string of the molecule is CC(C)C(CC(=O)O)NC(=O)[C@H](N)C(C)(C)C. The molecule has 0 saturated carbocycles. The monoisotopic (exact) mass is 244 g/mol. The Morgan fingerprint density at radius 1 is 1.29 bits per heavy atom. The van der Waals surface area contributed by atoms with Crippen molar-refractivity contribution >= 4 is 11.9 Å². The van der Waals surface area contributed by atoms with Crippen LogP contribution in [-0.2, 0) is 9.59 Å². The second-order valence-corrected chi connectivity index (χ2v) is 5.80. The zero-order valence-corrected chi connectivity index (χ0v) is 11.3. The minimum absolute atomic E-state index is 0.0576. The normalized spacial score (nSPS) is 15.5. The van der Waals surface area contributed by atoms with Gasteiger partial charge in [0.15, 0.2) is 0 Å². The molecule has 0 aliphatic heterocycles. The number of amides is 1. The van der Waals surface area contributed by atoms with Gasteiger partial charge in [0.25, 0.3) is 0 Å². The minimum atomic E-state index is -0.923. The lowest BCUT2D eigenvalue weighted by atomic mass is 9.86. The number of aliphatic carboxylic acids is 1. The molecule has 0 aromatic heterocycles. The van der Waals surface area contributed by atoms with Gasteiger partial charge in [0.1, 0.15) is 0 Å². The Kier molecular flexibility index (Phi) is 5.61. The Labute approximate surface area is 103 Å². The fraction of sp³-hybridized carbons (Fsp3) is 0.833. The Morgan fingerprint density at radius 2 is 1.76 bits per heavy atom. The number of carbonyl (C=O) groups is 2. The van der Waals surface area contributed by atoms with Crippen molar-refractivity contribution in [1.29, 1.82) is 0 Å². The number of hydrogen-bond acceptors (Lipinski definition) is 3. The number of rotatable bonds is 5. The van der Waals surface area contributed by atoms with Crippen LogP contribution in [0, 0.1) is 11.3 Å². The Morgan fingerprint density at radius 3 is 2.06 bits per heavy atom. The number of nitrogens with one attached hydrogen (secondary N) is 1. The molecule has 5 nitrogen and oxygen atoms in total. The van der Waals surface area contributed by atoms with Crippen molar-refractivity contribution in [3.63, 3.8) is 0 Å². The minimum Gasteiger partial charge on any atom is -0.481 e. The fourth-order valence-corrected chi connectivity index (χ4v) is 1.31. The predicted octanol–water partition coefficient (Wildman–Crippen LogP) is 0.975. The van der Waals surface area contributed by atoms with Crippen LogP contribution < -0.4 is 11.1 Å². The van der Waals surface area contributed by atoms with Gasteiger partial charge in [-0.2, -0.15) is 0 Å². The molecular weight excluding hydrogens is 220 g/mol. The molecule has 0 aromatic rings. The van der Waals surface area contributed by atoms with Gasteiger partial charge in [-0.15, -0.1) is 0 Å². The van der Waals surface area contributed by atoms with Crippen molar-refractivity contribution in [2.45, 2.75) is 53.1 Å². The van der Waals surface area contributed by atoms with E-state index in [1.807, 2.05) is 34.6 Å². The summed E-state index contributed by atoms with van der Waals surface area (Å²) in [7, 11) is 0. The van der Waals surface area contributed by atoms with Gasteiger partial charge in [0.05, 0.1) is 12.5 Å². The summed E-state index contributed by atoms with van der Waals surface area (Å²) in [5.41, 5.74) is 5.48. The molecule has 0 heterocycles. The van der Waals surface area contributed by atoms with E-state index in [0.717, 1.165) is 0 Å². The van der Waals surface area contributed by atoms with E-state index in [-0.39, 0.29) is 29.7 Å². The molecule has 0 aliphatic rings. The first-order valence-corrected chi connectivity index (χ1v) is 5.83. The average Bonchev–Trinajstić information content (AvgIpc) is 2.13. The molecule has 0 spiro atoms. The second kappa shape index (κ2) is 6.00. The van der Waals surface area contributed by atoms with E-state index in [2.05, 4.69) is 5.32 Å². The van der Waals surface area contributed by atoms with Crippen LogP contribution in [0.2, 0.25) is 0 Å². The van der Waals surface area contributed by atoms with E-state index >= 15 is 0 Å². The lowest BCUT2D eigenvalue weighted by Gasteiger charge is -2.29. The molecular formula is C12H24N2O3. The van der Waals surface area contributed by atoms with Crippen molar-refractivity contribution in [2.24, 2.45) is 17.1 Å². The van der Waals surface area contributed by atoms with Gasteiger partial charge in [0, 0.05) is 6.04 Å². The maximum atomic E-state index is 11.9. The third-order valence-electron chi connectivity index (χ3n) is 2.74. The average molecular weight is 244 g/mol. The third kappa shape index (κ3) is 5.68. The Hall–Kier alpha value is -1.10. The maximum absolute atomic E-state index is 11.9. The molecule has 1 unspecified atom stereocenters. The number of carboxylic acids is 1. The van der Waals surface area contributed by atoms with E-state index in [1.54, 1.807) is 0 Å². The first-order chi connectivity index (χ1) is 7.55. The molecule has 2 atom stereocenters. The summed E-state index contributed by atoms with van der Waals surface area (Å²) in [4.78, 5) is 22.5. The highest BCUT2D eigenvalue weighted by Crippen LogP contribution is 2.18. The van der Waals surface area contributed by atoms with Crippen LogP contribution in [0.3, 0.4) is 0 Å². The lowest BCUT2D eigenvalue weighted by molar-refractivity contribution is -0.138. The first-order valence-electron chi connectivity index (χ1n) is 5.83. The second-order valence-electron chi connectivity index (χ2n) is 5.80. The van der Waals surface area contributed by atoms with Gasteiger partial charge >= 0.3 is 5.97 Å². The molecule has 0 aromatic carbocycles. The molecule has 0 saturated heterocycles. The van der Waals surface area contributed by atoms with Crippen molar-refractivity contribution in [3.05, 3.63) is 0 Å². The van der Waals surface area contributed by atoms with E-state index in [1.165, 1.54) is 0 Å². The van der Waals surface area contributed by atoms with Crippen molar-refractivity contribution in [1.82, 2.24) is 5.32 Å². The first kappa shape index (κ1) is 15.9. The van der Waals surface area contributed by atoms with Crippen molar-refractivity contribution < 1.29 is 14.7 Å². The molecule has 0 aliphatic carbocycles. The third-order valence-corrected chi connectivity index (χ3v) is 2.74. The van der Waals surface area contributed by atoms with Crippen LogP contribution in [0.1, 0.15) is 41.0 Å². The molecule has 1 amide bonds. The molecule has 0 radical (unpaired) electrons. The Balaban J connectivity index is 4.56. The van der Waals surface area contributed by atoms with E-state index in [4.69, 9.17) is 10.8 Å². The molecule has 4 N–H and O–H groups in total. The molecule has 0 fully saturated rings. The van der Waals surface area contributed by atoms with Crippen LogP contribution in [-0.4, -0.2) is 29.1 Å². The number of carboxylic acid groups (broad SMARTS) is 1. The molecule has 100 valence electrons. The number of carbonyl (C=O) groups excluding carboxylic acids is 1. The van der Waals surface area contributed by atoms with Gasteiger partial charge in [-0.3, -0.25) is 9.59 Å². The predicted molar refractivity (Wildman–Crippen MR) is 66.5 cm³/mol. The highest BCUT2D eigenvalue weighted by Gasteiger charge is 2.30. The smallest absolute Gasteiger partial charge is 0.305 e. The molecule has 0 bridgehead atoms. The van der Waals surface area contributed by atoms with E-state index in [0.29, 0.717) is 0 Å². The van der Waals surface area contributed by atoms with E-state index < -0.39 is 12.0 Å². The van der Waals surface area contributed by atoms with E-state index in [9.17, 15) is 9.59 Å². The highest BCUT2D eigenvalue weighted by atomic mass is 16.4. The van der Waals surface area contributed by atoms with Gasteiger partial charge < -0.3 is 16.2 Å². The van der Waals surface area contributed by atoms with Crippen LogP contribution in [0.25, 0.3) is 0 Å². The maximum Gasteiger partial charge on any atom is 0.305 e. The topological polar surface area (TPSA) is 92.4 Å². The summed E-state index contributed by atoms with van der Waals surface area (Å²) < 4.78 is 0. The quantitative estimate of drug-likeness (QED) is 0.672. The molecule has 5 heteroatoms. The summed E-state index contributed by atoms with van der Waals surface area (Å²) in [5, 5.41) is 11.5. The van der Waals surface area contributed by atoms with Crippen LogP contribution in [0.4, 0.5) is 0 Å². The lowest BCUT2D eigenvalue weighted by Crippen LogP contribution is -2.52. The number of nitrogens with two attached hydrogens (primary N) is 1. The van der Waals surface area contributed by atoms with Crippen molar-refractivity contribution in [2.75, 3.05) is 0 Å². The number of hydrogen-bond donors (Lipinski definition) is 3. The fourth-order valence-electron chi connectivity index (χ4n) is 1.31. The van der Waals surface area contributed by atoms with Crippen LogP contribution in [0.15, 0.2) is 0 Å². The standard InChI is InChI=1S/C12H24N2O3/c1-7(2)8(6-9(15)16)14-11(17)10(13)12(3,4)5/h7-8,10H,6,13H2,1-5H3,(H,14,17)(H,15,16)/t8?,10-/m0/s1. The Bertz CT molecular complexity index is 282. The summed E-state index contributed by atoms with van der Waals surface area (Å²) >= 11 is 0. The molecule has 17 heavy (non-hydrogen) atoms.